The topological polar surface area (TPSA) is 128 Å². The Morgan fingerprint density at radius 3 is 2.38 bits per heavy atom. The quantitative estimate of drug-likeness (QED) is 0.305. The minimum atomic E-state index is -3.85. The summed E-state index contributed by atoms with van der Waals surface area (Å²) in [6.45, 7) is 3.69. The van der Waals surface area contributed by atoms with Crippen molar-refractivity contribution >= 4 is 39.1 Å². The first-order valence-electron chi connectivity index (χ1n) is 14.3. The highest BCUT2D eigenvalue weighted by atomic mass is 32.2. The molecule has 4 aliphatic rings. The van der Waals surface area contributed by atoms with Crippen molar-refractivity contribution < 1.29 is 32.6 Å². The monoisotopic (exact) mass is 594 g/mol. The van der Waals surface area contributed by atoms with Crippen LogP contribution < -0.4 is 4.90 Å². The smallest absolute Gasteiger partial charge is 0.296 e. The number of carbonyl (C=O) groups is 3. The number of anilines is 1. The number of hydrogen-bond acceptors (Lipinski definition) is 8. The molecule has 4 heterocycles. The number of sulfonamides is 1. The zero-order valence-corrected chi connectivity index (χ0v) is 24.3. The third-order valence-electron chi connectivity index (χ3n) is 8.74. The number of piperidine rings is 1. The van der Waals surface area contributed by atoms with E-state index in [9.17, 15) is 27.9 Å². The van der Waals surface area contributed by atoms with Crippen LogP contribution in [0.4, 0.5) is 5.69 Å². The lowest BCUT2D eigenvalue weighted by Gasteiger charge is -2.36. The number of likely N-dealkylation sites (N-methyl/N-ethyl adjacent to an activating group) is 1. The number of fused-ring (bicyclic) bond motifs is 2. The van der Waals surface area contributed by atoms with Gasteiger partial charge < -0.3 is 19.6 Å². The molecule has 222 valence electrons. The number of aliphatic hydroxyl groups excluding tert-OH is 1. The van der Waals surface area contributed by atoms with Crippen LogP contribution in [0.5, 0.6) is 0 Å². The van der Waals surface area contributed by atoms with Gasteiger partial charge in [-0.3, -0.25) is 19.3 Å². The Hall–Kier alpha value is -3.58. The van der Waals surface area contributed by atoms with E-state index < -0.39 is 38.9 Å². The second-order valence-electron chi connectivity index (χ2n) is 11.0. The van der Waals surface area contributed by atoms with Gasteiger partial charge in [-0.25, -0.2) is 8.42 Å². The summed E-state index contributed by atoms with van der Waals surface area (Å²) < 4.78 is 33.7. The number of para-hydroxylation sites is 1. The normalized spacial score (nSPS) is 25.0. The Labute approximate surface area is 245 Å². The fourth-order valence-corrected chi connectivity index (χ4v) is 8.10. The predicted octanol–water partition coefficient (Wildman–Crippen LogP) is 1.75. The minimum Gasteiger partial charge on any atom is -0.507 e. The van der Waals surface area contributed by atoms with E-state index >= 15 is 0 Å². The Morgan fingerprint density at radius 2 is 1.64 bits per heavy atom. The number of hydrogen-bond donors (Lipinski definition) is 1. The van der Waals surface area contributed by atoms with Gasteiger partial charge in [0.2, 0.25) is 10.0 Å². The van der Waals surface area contributed by atoms with Gasteiger partial charge in [0, 0.05) is 63.1 Å². The van der Waals surface area contributed by atoms with Gasteiger partial charge in [0.25, 0.3) is 17.6 Å². The molecule has 3 fully saturated rings. The number of aliphatic hydroxyl groups is 1. The molecule has 2 amide bonds. The van der Waals surface area contributed by atoms with Crippen LogP contribution in [0.2, 0.25) is 0 Å². The SMILES string of the molecule is CN1C(=O)C2(/C(=C(\O)c3cccc(S(=O)(=O)N4CCCCC4)c3)C(=O)C(=O)N2CCN2CCOCC2)c2ccccc21. The molecule has 42 heavy (non-hydrogen) atoms. The van der Waals surface area contributed by atoms with Crippen LogP contribution in [-0.4, -0.2) is 105 Å². The van der Waals surface area contributed by atoms with Crippen LogP contribution in [0.1, 0.15) is 30.4 Å². The highest BCUT2D eigenvalue weighted by Gasteiger charge is 2.66. The van der Waals surface area contributed by atoms with Crippen molar-refractivity contribution in [3.05, 3.63) is 65.2 Å². The molecule has 6 rings (SSSR count). The molecule has 12 heteroatoms. The number of ether oxygens (including phenoxy) is 1. The molecule has 1 unspecified atom stereocenters. The second-order valence-corrected chi connectivity index (χ2v) is 13.0. The summed E-state index contributed by atoms with van der Waals surface area (Å²) in [7, 11) is -2.27. The highest BCUT2D eigenvalue weighted by Crippen LogP contribution is 2.53. The minimum absolute atomic E-state index is 0.0284. The zero-order chi connectivity index (χ0) is 29.6. The van der Waals surface area contributed by atoms with E-state index in [4.69, 9.17) is 4.74 Å². The molecule has 4 aliphatic heterocycles. The Balaban J connectivity index is 1.49. The van der Waals surface area contributed by atoms with E-state index in [-0.39, 0.29) is 22.6 Å². The fraction of sp³-hybridized carbons (Fsp3) is 0.433. The van der Waals surface area contributed by atoms with Gasteiger partial charge in [-0.15, -0.1) is 0 Å². The number of nitrogens with zero attached hydrogens (tertiary/aromatic N) is 4. The van der Waals surface area contributed by atoms with Crippen molar-refractivity contribution in [1.82, 2.24) is 14.1 Å². The Bertz CT molecular complexity index is 1580. The average Bonchev–Trinajstić information content (AvgIpc) is 3.38. The lowest BCUT2D eigenvalue weighted by molar-refractivity contribution is -0.144. The summed E-state index contributed by atoms with van der Waals surface area (Å²) in [6.07, 6.45) is 2.49. The summed E-state index contributed by atoms with van der Waals surface area (Å²) in [5, 5.41) is 11.8. The summed E-state index contributed by atoms with van der Waals surface area (Å²) in [4.78, 5) is 46.4. The number of Topliss-reactive ketones (excluding diaryl/α,β-unsaturated/α-hetero) is 1. The molecular weight excluding hydrogens is 560 g/mol. The molecule has 0 aliphatic carbocycles. The van der Waals surface area contributed by atoms with E-state index in [2.05, 4.69) is 4.90 Å². The van der Waals surface area contributed by atoms with Crippen LogP contribution in [0, 0.1) is 0 Å². The van der Waals surface area contributed by atoms with Crippen molar-refractivity contribution in [3.63, 3.8) is 0 Å². The largest absolute Gasteiger partial charge is 0.507 e. The van der Waals surface area contributed by atoms with Gasteiger partial charge in [-0.05, 0) is 31.0 Å². The maximum absolute atomic E-state index is 14.2. The van der Waals surface area contributed by atoms with Gasteiger partial charge >= 0.3 is 0 Å². The molecule has 2 aromatic rings. The summed E-state index contributed by atoms with van der Waals surface area (Å²) in [6, 6.07) is 12.6. The first-order valence-corrected chi connectivity index (χ1v) is 15.7. The first-order chi connectivity index (χ1) is 20.2. The van der Waals surface area contributed by atoms with Crippen molar-refractivity contribution in [2.75, 3.05) is 64.4 Å². The van der Waals surface area contributed by atoms with Crippen molar-refractivity contribution in [1.29, 1.82) is 0 Å². The Morgan fingerprint density at radius 1 is 0.929 bits per heavy atom. The molecule has 0 aromatic heterocycles. The van der Waals surface area contributed by atoms with Gasteiger partial charge in [0.15, 0.2) is 5.54 Å². The zero-order valence-electron chi connectivity index (χ0n) is 23.5. The van der Waals surface area contributed by atoms with Crippen LogP contribution in [0.3, 0.4) is 0 Å². The first kappa shape index (κ1) is 28.5. The lowest BCUT2D eigenvalue weighted by Crippen LogP contribution is -2.53. The third-order valence-corrected chi connectivity index (χ3v) is 10.6. The predicted molar refractivity (Wildman–Crippen MR) is 154 cm³/mol. The van der Waals surface area contributed by atoms with E-state index in [1.165, 1.54) is 38.4 Å². The van der Waals surface area contributed by atoms with E-state index in [0.717, 1.165) is 19.3 Å². The van der Waals surface area contributed by atoms with Crippen LogP contribution >= 0.6 is 0 Å². The summed E-state index contributed by atoms with van der Waals surface area (Å²) in [5.41, 5.74) is -1.27. The van der Waals surface area contributed by atoms with E-state index in [1.54, 1.807) is 31.3 Å². The molecule has 3 saturated heterocycles. The van der Waals surface area contributed by atoms with E-state index in [1.807, 2.05) is 0 Å². The number of amides is 2. The van der Waals surface area contributed by atoms with E-state index in [0.29, 0.717) is 57.2 Å². The lowest BCUT2D eigenvalue weighted by atomic mass is 9.82. The molecule has 0 saturated carbocycles. The summed E-state index contributed by atoms with van der Waals surface area (Å²) in [5.74, 6) is -3.00. The Kier molecular flexibility index (Phi) is 7.42. The number of rotatable bonds is 6. The second kappa shape index (κ2) is 10.9. The molecule has 1 atom stereocenters. The molecule has 2 aromatic carbocycles. The van der Waals surface area contributed by atoms with Gasteiger partial charge in [0.1, 0.15) is 5.76 Å². The van der Waals surface area contributed by atoms with Crippen molar-refractivity contribution in [2.24, 2.45) is 0 Å². The number of likely N-dealkylation sites (tertiary alicyclic amines) is 1. The van der Waals surface area contributed by atoms with Gasteiger partial charge in [-0.1, -0.05) is 36.8 Å². The standard InChI is InChI=1S/C30H34N4O7S/c1-31-24-11-4-3-10-23(24)30(29(31)38)25(27(36)28(37)34(30)15-14-32-16-18-41-19-17-32)26(35)21-8-7-9-22(20-21)42(39,40)33-12-5-2-6-13-33/h3-4,7-11,20,35H,2,5-6,12-19H2,1H3/b26-25-. The molecule has 1 N–H and O–H groups in total. The van der Waals surface area contributed by atoms with Gasteiger partial charge in [0.05, 0.1) is 23.7 Å². The molecule has 1 spiro atoms. The van der Waals surface area contributed by atoms with Crippen molar-refractivity contribution in [2.45, 2.75) is 29.7 Å². The molecule has 11 nitrogen and oxygen atoms in total. The van der Waals surface area contributed by atoms with Crippen LogP contribution in [-0.2, 0) is 34.7 Å². The van der Waals surface area contributed by atoms with Gasteiger partial charge in [-0.2, -0.15) is 4.31 Å². The molecule has 0 radical (unpaired) electrons. The highest BCUT2D eigenvalue weighted by molar-refractivity contribution is 7.89. The number of ketones is 1. The van der Waals surface area contributed by atoms with Crippen molar-refractivity contribution in [3.8, 4) is 0 Å². The molecular formula is C30H34N4O7S. The maximum Gasteiger partial charge on any atom is 0.296 e. The summed E-state index contributed by atoms with van der Waals surface area (Å²) >= 11 is 0. The fourth-order valence-electron chi connectivity index (χ4n) is 6.54. The molecule has 0 bridgehead atoms. The number of benzene rings is 2. The van der Waals surface area contributed by atoms with Crippen LogP contribution in [0.25, 0.3) is 5.76 Å². The average molecular weight is 595 g/mol. The third kappa shape index (κ3) is 4.36. The maximum atomic E-state index is 14.2. The number of carbonyl (C=O) groups excluding carboxylic acids is 3. The number of morpholine rings is 1. The van der Waals surface area contributed by atoms with Crippen LogP contribution in [0.15, 0.2) is 59.0 Å².